The second kappa shape index (κ2) is 6.11. The highest BCUT2D eigenvalue weighted by Crippen LogP contribution is 2.24. The van der Waals surface area contributed by atoms with E-state index >= 15 is 0 Å². The zero-order chi connectivity index (χ0) is 17.3. The van der Waals surface area contributed by atoms with Crippen molar-refractivity contribution in [3.8, 4) is 5.75 Å². The normalized spacial score (nSPS) is 13.1. The van der Waals surface area contributed by atoms with E-state index in [1.54, 1.807) is 37.3 Å². The third-order valence-electron chi connectivity index (χ3n) is 3.83. The SMILES string of the molecule is Cc1cc(OCCN2C(=O)c3ccccc3C2=O)ccc1[N+](=O)[O-]. The number of nitrogens with zero attached hydrogens (tertiary/aromatic N) is 2. The molecular weight excluding hydrogens is 312 g/mol. The number of carbonyl (C=O) groups excluding carboxylic acids is 2. The molecule has 24 heavy (non-hydrogen) atoms. The minimum atomic E-state index is -0.460. The molecule has 0 saturated heterocycles. The van der Waals surface area contributed by atoms with Crippen molar-refractivity contribution in [3.05, 3.63) is 69.3 Å². The molecule has 1 aliphatic heterocycles. The number of ether oxygens (including phenoxy) is 1. The third kappa shape index (κ3) is 2.71. The lowest BCUT2D eigenvalue weighted by Gasteiger charge is -2.14. The average molecular weight is 326 g/mol. The van der Waals surface area contributed by atoms with Crippen LogP contribution in [0.2, 0.25) is 0 Å². The second-order valence-corrected chi connectivity index (χ2v) is 5.36. The van der Waals surface area contributed by atoms with Crippen LogP contribution < -0.4 is 4.74 Å². The van der Waals surface area contributed by atoms with E-state index in [0.717, 1.165) is 4.90 Å². The van der Waals surface area contributed by atoms with Gasteiger partial charge in [0.1, 0.15) is 12.4 Å². The largest absolute Gasteiger partial charge is 0.492 e. The number of amides is 2. The molecule has 0 radical (unpaired) electrons. The van der Waals surface area contributed by atoms with Crippen LogP contribution in [-0.2, 0) is 0 Å². The highest BCUT2D eigenvalue weighted by Gasteiger charge is 2.34. The number of aryl methyl sites for hydroxylation is 1. The number of benzene rings is 2. The third-order valence-corrected chi connectivity index (χ3v) is 3.83. The maximum absolute atomic E-state index is 12.2. The monoisotopic (exact) mass is 326 g/mol. The van der Waals surface area contributed by atoms with E-state index in [1.165, 1.54) is 12.1 Å². The first-order valence-electron chi connectivity index (χ1n) is 7.32. The number of nitro benzene ring substituents is 1. The maximum Gasteiger partial charge on any atom is 0.272 e. The number of fused-ring (bicyclic) bond motifs is 1. The summed E-state index contributed by atoms with van der Waals surface area (Å²) < 4.78 is 5.51. The lowest BCUT2D eigenvalue weighted by molar-refractivity contribution is -0.385. The molecule has 0 aliphatic carbocycles. The molecule has 0 saturated carbocycles. The molecule has 1 heterocycles. The van der Waals surface area contributed by atoms with Crippen molar-refractivity contribution in [2.45, 2.75) is 6.92 Å². The topological polar surface area (TPSA) is 89.8 Å². The van der Waals surface area contributed by atoms with E-state index in [2.05, 4.69) is 0 Å². The number of nitro groups is 1. The van der Waals surface area contributed by atoms with Gasteiger partial charge in [-0.05, 0) is 31.2 Å². The summed E-state index contributed by atoms with van der Waals surface area (Å²) in [5, 5.41) is 10.8. The Balaban J connectivity index is 1.64. The Morgan fingerprint density at radius 2 is 1.71 bits per heavy atom. The average Bonchev–Trinajstić information content (AvgIpc) is 2.80. The van der Waals surface area contributed by atoms with Crippen LogP contribution in [0.3, 0.4) is 0 Å². The Kier molecular flexibility index (Phi) is 3.99. The van der Waals surface area contributed by atoms with Crippen LogP contribution in [0, 0.1) is 17.0 Å². The summed E-state index contributed by atoms with van der Waals surface area (Å²) in [6.07, 6.45) is 0. The van der Waals surface area contributed by atoms with E-state index in [0.29, 0.717) is 22.4 Å². The summed E-state index contributed by atoms with van der Waals surface area (Å²) in [6.45, 7) is 1.85. The van der Waals surface area contributed by atoms with Gasteiger partial charge in [-0.2, -0.15) is 0 Å². The molecule has 2 amide bonds. The van der Waals surface area contributed by atoms with Gasteiger partial charge in [0.2, 0.25) is 0 Å². The van der Waals surface area contributed by atoms with E-state index in [-0.39, 0.29) is 30.7 Å². The fraction of sp³-hybridized carbons (Fsp3) is 0.176. The first-order valence-corrected chi connectivity index (χ1v) is 7.32. The van der Waals surface area contributed by atoms with Gasteiger partial charge in [-0.3, -0.25) is 24.6 Å². The molecule has 0 bridgehead atoms. The first-order chi connectivity index (χ1) is 11.5. The molecule has 2 aromatic rings. The van der Waals surface area contributed by atoms with Crippen molar-refractivity contribution < 1.29 is 19.2 Å². The van der Waals surface area contributed by atoms with Crippen molar-refractivity contribution in [2.24, 2.45) is 0 Å². The van der Waals surface area contributed by atoms with Crippen LogP contribution in [0.4, 0.5) is 5.69 Å². The maximum atomic E-state index is 12.2. The summed E-state index contributed by atoms with van der Waals surface area (Å²) in [5.74, 6) is -0.215. The highest BCUT2D eigenvalue weighted by atomic mass is 16.6. The Morgan fingerprint density at radius 3 is 2.25 bits per heavy atom. The Morgan fingerprint density at radius 1 is 1.08 bits per heavy atom. The van der Waals surface area contributed by atoms with Gasteiger partial charge >= 0.3 is 0 Å². The van der Waals surface area contributed by atoms with Gasteiger partial charge < -0.3 is 4.74 Å². The molecule has 0 atom stereocenters. The van der Waals surface area contributed by atoms with Gasteiger partial charge in [0, 0.05) is 11.6 Å². The number of hydrogen-bond donors (Lipinski definition) is 0. The van der Waals surface area contributed by atoms with Crippen LogP contribution in [0.5, 0.6) is 5.75 Å². The summed E-state index contributed by atoms with van der Waals surface area (Å²) >= 11 is 0. The quantitative estimate of drug-likeness (QED) is 0.478. The van der Waals surface area contributed by atoms with Gasteiger partial charge in [-0.15, -0.1) is 0 Å². The van der Waals surface area contributed by atoms with Crippen LogP contribution in [-0.4, -0.2) is 34.8 Å². The molecule has 0 fully saturated rings. The van der Waals surface area contributed by atoms with Crippen molar-refractivity contribution in [1.82, 2.24) is 4.90 Å². The van der Waals surface area contributed by atoms with Crippen molar-refractivity contribution in [1.29, 1.82) is 0 Å². The predicted molar refractivity (Wildman–Crippen MR) is 85.1 cm³/mol. The molecule has 7 heteroatoms. The summed E-state index contributed by atoms with van der Waals surface area (Å²) in [7, 11) is 0. The zero-order valence-electron chi connectivity index (χ0n) is 12.9. The summed E-state index contributed by atoms with van der Waals surface area (Å²) in [5.41, 5.74) is 1.29. The second-order valence-electron chi connectivity index (χ2n) is 5.36. The van der Waals surface area contributed by atoms with Crippen LogP contribution >= 0.6 is 0 Å². The van der Waals surface area contributed by atoms with E-state index in [1.807, 2.05) is 0 Å². The molecule has 3 rings (SSSR count). The fourth-order valence-corrected chi connectivity index (χ4v) is 2.62. The molecule has 0 unspecified atom stereocenters. The van der Waals surface area contributed by atoms with Crippen LogP contribution in [0.25, 0.3) is 0 Å². The van der Waals surface area contributed by atoms with Crippen molar-refractivity contribution in [2.75, 3.05) is 13.2 Å². The van der Waals surface area contributed by atoms with E-state index in [9.17, 15) is 19.7 Å². The molecule has 0 spiro atoms. The number of hydrogen-bond acceptors (Lipinski definition) is 5. The van der Waals surface area contributed by atoms with Crippen LogP contribution in [0.1, 0.15) is 26.3 Å². The van der Waals surface area contributed by atoms with Gasteiger partial charge in [-0.1, -0.05) is 12.1 Å². The lowest BCUT2D eigenvalue weighted by atomic mass is 10.1. The number of rotatable bonds is 5. The number of imide groups is 1. The lowest BCUT2D eigenvalue weighted by Crippen LogP contribution is -2.33. The van der Waals surface area contributed by atoms with E-state index < -0.39 is 4.92 Å². The van der Waals surface area contributed by atoms with Crippen molar-refractivity contribution in [3.63, 3.8) is 0 Å². The van der Waals surface area contributed by atoms with E-state index in [4.69, 9.17) is 4.74 Å². The van der Waals surface area contributed by atoms with Crippen LogP contribution in [0.15, 0.2) is 42.5 Å². The summed E-state index contributed by atoms with van der Waals surface area (Å²) in [4.78, 5) is 35.9. The number of carbonyl (C=O) groups is 2. The Hall–Kier alpha value is -3.22. The van der Waals surface area contributed by atoms with Gasteiger partial charge in [0.15, 0.2) is 0 Å². The molecule has 1 aliphatic rings. The minimum Gasteiger partial charge on any atom is -0.492 e. The highest BCUT2D eigenvalue weighted by molar-refractivity contribution is 6.21. The molecule has 122 valence electrons. The Labute approximate surface area is 137 Å². The minimum absolute atomic E-state index is 0.0164. The molecule has 7 nitrogen and oxygen atoms in total. The van der Waals surface area contributed by atoms with Crippen molar-refractivity contribution >= 4 is 17.5 Å². The van der Waals surface area contributed by atoms with Gasteiger partial charge in [-0.25, -0.2) is 0 Å². The Bertz CT molecular complexity index is 812. The molecule has 0 N–H and O–H groups in total. The van der Waals surface area contributed by atoms with Gasteiger partial charge in [0.25, 0.3) is 17.5 Å². The molecular formula is C17H14N2O5. The smallest absolute Gasteiger partial charge is 0.272 e. The summed E-state index contributed by atoms with van der Waals surface area (Å²) in [6, 6.07) is 11.1. The molecule has 0 aromatic heterocycles. The molecule has 2 aromatic carbocycles. The van der Waals surface area contributed by atoms with Gasteiger partial charge in [0.05, 0.1) is 22.6 Å². The predicted octanol–water partition coefficient (Wildman–Crippen LogP) is 2.58. The fourth-order valence-electron chi connectivity index (χ4n) is 2.62. The zero-order valence-corrected chi connectivity index (χ0v) is 12.9. The standard InChI is InChI=1S/C17H14N2O5/c1-11-10-12(6-7-15(11)19(22)23)24-9-8-18-16(20)13-4-2-3-5-14(13)17(18)21/h2-7,10H,8-9H2,1H3. The first kappa shape index (κ1) is 15.7.